The molecular weight excluding hydrogens is 593 g/mol. The van der Waals surface area contributed by atoms with E-state index in [-0.39, 0.29) is 18.2 Å². The average molecular weight is 616 g/mol. The van der Waals surface area contributed by atoms with E-state index in [0.29, 0.717) is 61.5 Å². The summed E-state index contributed by atoms with van der Waals surface area (Å²) in [6.45, 7) is 2.25. The number of hydrazone groups is 1. The third-order valence-electron chi connectivity index (χ3n) is 6.56. The van der Waals surface area contributed by atoms with Gasteiger partial charge in [-0.2, -0.15) is 5.10 Å². The number of aromatic nitrogens is 1. The fraction of sp³-hybridized carbons (Fsp3) is 0.0938. The molecule has 5 aromatic rings. The third kappa shape index (κ3) is 5.86. The number of rotatable bonds is 8. The summed E-state index contributed by atoms with van der Waals surface area (Å²) in [4.78, 5) is 29.3. The number of esters is 1. The van der Waals surface area contributed by atoms with Crippen molar-refractivity contribution < 1.29 is 28.5 Å². The number of benzene rings is 4. The van der Waals surface area contributed by atoms with Crippen LogP contribution in [0.15, 0.2) is 84.0 Å². The number of halogens is 2. The summed E-state index contributed by atoms with van der Waals surface area (Å²) < 4.78 is 21.9. The molecule has 0 radical (unpaired) electrons. The van der Waals surface area contributed by atoms with Crippen molar-refractivity contribution in [3.8, 4) is 34.1 Å². The summed E-state index contributed by atoms with van der Waals surface area (Å²) in [5.41, 5.74) is 5.81. The molecule has 1 amide bonds. The smallest absolute Gasteiger partial charge is 0.343 e. The van der Waals surface area contributed by atoms with Crippen molar-refractivity contribution in [1.29, 1.82) is 0 Å². The van der Waals surface area contributed by atoms with Gasteiger partial charge in [0.15, 0.2) is 23.0 Å². The Balaban J connectivity index is 1.22. The molecule has 0 unspecified atom stereocenters. The van der Waals surface area contributed by atoms with E-state index in [9.17, 15) is 9.59 Å². The fourth-order valence-corrected chi connectivity index (χ4v) is 5.26. The van der Waals surface area contributed by atoms with Crippen LogP contribution in [0.25, 0.3) is 22.0 Å². The van der Waals surface area contributed by atoms with Crippen LogP contribution in [0.2, 0.25) is 10.0 Å². The van der Waals surface area contributed by atoms with E-state index in [0.717, 1.165) is 5.56 Å². The predicted molar refractivity (Wildman–Crippen MR) is 164 cm³/mol. The van der Waals surface area contributed by atoms with Crippen LogP contribution in [-0.4, -0.2) is 36.5 Å². The summed E-state index contributed by atoms with van der Waals surface area (Å²) >= 11 is 12.8. The molecule has 1 aliphatic heterocycles. The lowest BCUT2D eigenvalue weighted by Gasteiger charge is -2.11. The van der Waals surface area contributed by atoms with E-state index >= 15 is 0 Å². The van der Waals surface area contributed by atoms with E-state index in [4.69, 9.17) is 42.1 Å². The van der Waals surface area contributed by atoms with Crippen LogP contribution in [-0.2, 0) is 0 Å². The monoisotopic (exact) mass is 615 g/mol. The number of H-pyrrole nitrogens is 1. The number of carbonyl (C=O) groups excluding carboxylic acids is 2. The SMILES string of the molecule is CCOc1cc(C=NNC(=O)c2[nH]c3cc(Cl)cc(Cl)c3c2-c2ccccc2)ccc1OC(=O)c1ccc2c(c1)OCO2. The van der Waals surface area contributed by atoms with Gasteiger partial charge in [0.05, 0.1) is 23.4 Å². The zero-order chi connectivity index (χ0) is 29.9. The van der Waals surface area contributed by atoms with Gasteiger partial charge in [0.25, 0.3) is 5.91 Å². The molecule has 1 aliphatic rings. The first kappa shape index (κ1) is 28.1. The van der Waals surface area contributed by atoms with Gasteiger partial charge in [-0.3, -0.25) is 4.79 Å². The maximum atomic E-state index is 13.3. The molecule has 4 aromatic carbocycles. The molecule has 6 rings (SSSR count). The maximum Gasteiger partial charge on any atom is 0.343 e. The second-order valence-electron chi connectivity index (χ2n) is 9.35. The normalized spacial score (nSPS) is 12.1. The van der Waals surface area contributed by atoms with Crippen molar-refractivity contribution >= 4 is 52.2 Å². The van der Waals surface area contributed by atoms with Gasteiger partial charge in [-0.1, -0.05) is 53.5 Å². The van der Waals surface area contributed by atoms with Gasteiger partial charge in [-0.15, -0.1) is 0 Å². The van der Waals surface area contributed by atoms with Crippen molar-refractivity contribution in [3.05, 3.63) is 106 Å². The first-order valence-electron chi connectivity index (χ1n) is 13.2. The van der Waals surface area contributed by atoms with Crippen molar-refractivity contribution in [2.75, 3.05) is 13.4 Å². The summed E-state index contributed by atoms with van der Waals surface area (Å²) in [5, 5.41) is 5.68. The lowest BCUT2D eigenvalue weighted by Crippen LogP contribution is -2.18. The molecule has 43 heavy (non-hydrogen) atoms. The number of carbonyl (C=O) groups is 2. The number of nitrogens with zero attached hydrogens (tertiary/aromatic N) is 1. The molecule has 0 bridgehead atoms. The number of hydrogen-bond acceptors (Lipinski definition) is 7. The number of nitrogens with one attached hydrogen (secondary N) is 2. The third-order valence-corrected chi connectivity index (χ3v) is 7.08. The van der Waals surface area contributed by atoms with Gasteiger partial charge in [0.2, 0.25) is 6.79 Å². The van der Waals surface area contributed by atoms with Crippen molar-refractivity contribution in [1.82, 2.24) is 10.4 Å². The minimum absolute atomic E-state index is 0.102. The van der Waals surface area contributed by atoms with Crippen LogP contribution < -0.4 is 24.4 Å². The Morgan fingerprint density at radius 2 is 1.79 bits per heavy atom. The lowest BCUT2D eigenvalue weighted by atomic mass is 10.0. The van der Waals surface area contributed by atoms with Crippen LogP contribution in [0.4, 0.5) is 0 Å². The van der Waals surface area contributed by atoms with Crippen LogP contribution in [0.3, 0.4) is 0 Å². The van der Waals surface area contributed by atoms with Gasteiger partial charge >= 0.3 is 5.97 Å². The molecule has 0 aliphatic carbocycles. The van der Waals surface area contributed by atoms with Crippen LogP contribution in [0, 0.1) is 0 Å². The molecule has 11 heteroatoms. The van der Waals surface area contributed by atoms with Gasteiger partial charge in [0.1, 0.15) is 5.69 Å². The van der Waals surface area contributed by atoms with Crippen LogP contribution >= 0.6 is 23.2 Å². The summed E-state index contributed by atoms with van der Waals surface area (Å²) in [6.07, 6.45) is 1.46. The Kier molecular flexibility index (Phi) is 7.91. The van der Waals surface area contributed by atoms with Crippen molar-refractivity contribution in [3.63, 3.8) is 0 Å². The molecule has 0 fully saturated rings. The first-order valence-corrected chi connectivity index (χ1v) is 13.9. The van der Waals surface area contributed by atoms with Gasteiger partial charge in [-0.25, -0.2) is 10.2 Å². The molecule has 2 N–H and O–H groups in total. The van der Waals surface area contributed by atoms with Gasteiger partial charge in [-0.05, 0) is 66.6 Å². The zero-order valence-electron chi connectivity index (χ0n) is 22.6. The highest BCUT2D eigenvalue weighted by Gasteiger charge is 2.22. The van der Waals surface area contributed by atoms with Crippen LogP contribution in [0.1, 0.15) is 33.3 Å². The molecule has 0 spiro atoms. The van der Waals surface area contributed by atoms with Gasteiger partial charge in [0, 0.05) is 21.5 Å². The van der Waals surface area contributed by atoms with E-state index < -0.39 is 11.9 Å². The van der Waals surface area contributed by atoms with Crippen molar-refractivity contribution in [2.24, 2.45) is 5.10 Å². The highest BCUT2D eigenvalue weighted by atomic mass is 35.5. The fourth-order valence-electron chi connectivity index (χ4n) is 4.67. The molecule has 1 aromatic heterocycles. The standard InChI is InChI=1S/C32H23Cl2N3O6/c1-2-40-26-12-18(8-10-25(26)43-32(39)20-9-11-24-27(13-20)42-17-41-24)16-35-37-31(38)30-28(19-6-4-3-5-7-19)29-22(34)14-21(33)15-23(29)36-30/h3-16,36H,2,17H2,1H3,(H,37,38). The molecule has 0 saturated heterocycles. The summed E-state index contributed by atoms with van der Waals surface area (Å²) in [7, 11) is 0. The zero-order valence-corrected chi connectivity index (χ0v) is 24.2. The Labute approximate surface area is 255 Å². The Bertz CT molecular complexity index is 1890. The molecule has 216 valence electrons. The second kappa shape index (κ2) is 12.1. The Hall–Kier alpha value is -4.99. The average Bonchev–Trinajstić information content (AvgIpc) is 3.63. The van der Waals surface area contributed by atoms with Crippen LogP contribution in [0.5, 0.6) is 23.0 Å². The Morgan fingerprint density at radius 1 is 0.977 bits per heavy atom. The van der Waals surface area contributed by atoms with E-state index in [2.05, 4.69) is 15.5 Å². The second-order valence-corrected chi connectivity index (χ2v) is 10.2. The molecule has 0 saturated carbocycles. The van der Waals surface area contributed by atoms with E-state index in [1.807, 2.05) is 37.3 Å². The molecular formula is C32H23Cl2N3O6. The summed E-state index contributed by atoms with van der Waals surface area (Å²) in [5.74, 6) is 0.548. The van der Waals surface area contributed by atoms with Gasteiger partial charge < -0.3 is 23.9 Å². The van der Waals surface area contributed by atoms with Crippen molar-refractivity contribution in [2.45, 2.75) is 6.92 Å². The lowest BCUT2D eigenvalue weighted by molar-refractivity contribution is 0.0727. The highest BCUT2D eigenvalue weighted by molar-refractivity contribution is 6.40. The van der Waals surface area contributed by atoms with E-state index in [1.165, 1.54) is 6.21 Å². The van der Waals surface area contributed by atoms with E-state index in [1.54, 1.807) is 48.5 Å². The number of aromatic amines is 1. The number of ether oxygens (including phenoxy) is 4. The number of hydrogen-bond donors (Lipinski definition) is 2. The summed E-state index contributed by atoms with van der Waals surface area (Å²) in [6, 6.07) is 22.5. The number of fused-ring (bicyclic) bond motifs is 2. The Morgan fingerprint density at radius 3 is 2.60 bits per heavy atom. The maximum absolute atomic E-state index is 13.3. The topological polar surface area (TPSA) is 111 Å². The predicted octanol–water partition coefficient (Wildman–Crippen LogP) is 7.25. The molecule has 2 heterocycles. The largest absolute Gasteiger partial charge is 0.490 e. The molecule has 0 atom stereocenters. The highest BCUT2D eigenvalue weighted by Crippen LogP contribution is 2.39. The minimum atomic E-state index is -0.582. The molecule has 9 nitrogen and oxygen atoms in total. The quantitative estimate of drug-likeness (QED) is 0.0823. The number of amides is 1. The first-order chi connectivity index (χ1) is 20.9. The minimum Gasteiger partial charge on any atom is -0.490 e.